The molecule has 11 nitrogen and oxygen atoms in total. The van der Waals surface area contributed by atoms with Crippen LogP contribution in [0.2, 0.25) is 6.32 Å². The maximum atomic E-state index is 13.5. The van der Waals surface area contributed by atoms with Crippen molar-refractivity contribution in [3.63, 3.8) is 0 Å². The number of benzene rings is 8. The molecule has 6 N–H and O–H groups in total. The zero-order valence-corrected chi connectivity index (χ0v) is 60.4. The molecule has 0 aromatic heterocycles. The van der Waals surface area contributed by atoms with Gasteiger partial charge in [-0.1, -0.05) is 124 Å². The second-order valence-electron chi connectivity index (χ2n) is 21.2. The zero-order valence-electron chi connectivity index (χ0n) is 52.4. The molecular formula is C67H73B4Br5F3O11. The summed E-state index contributed by atoms with van der Waals surface area (Å²) in [6.45, 7) is 23.1. The largest absolute Gasteiger partial charge is 0.569 e. The number of rotatable bonds is 6. The van der Waals surface area contributed by atoms with Crippen LogP contribution in [0.1, 0.15) is 93.8 Å². The van der Waals surface area contributed by atoms with E-state index in [4.69, 9.17) is 29.5 Å². The summed E-state index contributed by atoms with van der Waals surface area (Å²) >= 11 is 16.6. The van der Waals surface area contributed by atoms with Crippen LogP contribution >= 0.6 is 79.6 Å². The Labute approximate surface area is 571 Å². The number of ether oxygens (including phenoxy) is 1. The summed E-state index contributed by atoms with van der Waals surface area (Å²) in [5.74, 6) is -2.12. The van der Waals surface area contributed by atoms with Crippen molar-refractivity contribution < 1.29 is 67.0 Å². The molecule has 0 fully saturated rings. The van der Waals surface area contributed by atoms with Gasteiger partial charge in [-0.25, -0.2) is 18.0 Å². The van der Waals surface area contributed by atoms with Crippen molar-refractivity contribution in [1.82, 2.24) is 0 Å². The van der Waals surface area contributed by atoms with Gasteiger partial charge in [0.05, 0.1) is 30.2 Å². The van der Waals surface area contributed by atoms with E-state index in [0.29, 0.717) is 28.9 Å². The Balaban J connectivity index is 0.000000270. The fraction of sp³-hybridized carbons (Fsp3) is 0.254. The molecule has 0 spiro atoms. The molecule has 2 aliphatic heterocycles. The van der Waals surface area contributed by atoms with Gasteiger partial charge in [-0.2, -0.15) is 0 Å². The normalized spacial score (nSPS) is 11.2. The minimum Gasteiger partial charge on any atom is -0.537 e. The standard InChI is InChI=1S/C11H13BO3.C9H11F.C8H10BBrO2.C8H6BFO4.C8H8BrF.2C8H9Br.C7H7BBrO2/c1-15-11(13)7-8-2-3-9-4-5-12(14)10(9)6-8;1-6-4-7(2)8(3)9(10)5-6;1-5-3-7(10)4-6(2)8(5)9(11)12;10-7-5(8(11)12)2-1-4-3-14-9(13)6(4)7;1-5-3-4-7(9)8(10)6(5)2;2*1-6-3-4-8(9)5-7(6)2;1-5-6(9)3-2-4-7(5)11-8-10/h2-3,6,14H,4-5,7H2,1H3;4-5H,1-3H3;3-4,11-12H,1-2H3;1-2,13H,3H2,(H,11,12);3-4H,1-2H3;2*3-5H,1-2H3;2-4,10H,1H3. The Hall–Kier alpha value is -5.29. The first-order chi connectivity index (χ1) is 42.2. The number of carboxylic acids is 1. The Morgan fingerprint density at radius 2 is 1.16 bits per heavy atom. The van der Waals surface area contributed by atoms with Crippen molar-refractivity contribution in [2.45, 2.75) is 109 Å². The van der Waals surface area contributed by atoms with E-state index in [2.05, 4.69) is 148 Å². The number of carboxylic acid groups (broad SMARTS) is 1. The summed E-state index contributed by atoms with van der Waals surface area (Å²) in [4.78, 5) is 21.6. The molecule has 1 radical (unpaired) electrons. The van der Waals surface area contributed by atoms with Crippen LogP contribution in [0.25, 0.3) is 0 Å². The fourth-order valence-corrected chi connectivity index (χ4v) is 11.1. The van der Waals surface area contributed by atoms with E-state index in [1.807, 2.05) is 96.1 Å². The van der Waals surface area contributed by atoms with Gasteiger partial charge in [0.1, 0.15) is 23.2 Å². The van der Waals surface area contributed by atoms with E-state index in [-0.39, 0.29) is 43.0 Å². The summed E-state index contributed by atoms with van der Waals surface area (Å²) in [6, 6.07) is 37.4. The molecule has 0 saturated carbocycles. The van der Waals surface area contributed by atoms with E-state index in [0.717, 1.165) is 92.2 Å². The highest BCUT2D eigenvalue weighted by molar-refractivity contribution is 9.11. The van der Waals surface area contributed by atoms with E-state index < -0.39 is 31.6 Å². The van der Waals surface area contributed by atoms with Crippen LogP contribution in [-0.2, 0) is 33.6 Å². The molecule has 0 aliphatic carbocycles. The lowest BCUT2D eigenvalue weighted by Crippen LogP contribution is -2.34. The van der Waals surface area contributed by atoms with Crippen LogP contribution in [0.3, 0.4) is 0 Å². The number of carbonyl (C=O) groups excluding carboxylic acids is 1. The van der Waals surface area contributed by atoms with Crippen molar-refractivity contribution in [2.24, 2.45) is 0 Å². The second kappa shape index (κ2) is 38.7. The smallest absolute Gasteiger partial charge is 0.537 e. The van der Waals surface area contributed by atoms with Gasteiger partial charge in [-0.3, -0.25) is 4.79 Å². The molecule has 2 heterocycles. The topological polar surface area (TPSA) is 183 Å². The van der Waals surface area contributed by atoms with E-state index in [1.54, 1.807) is 32.0 Å². The summed E-state index contributed by atoms with van der Waals surface area (Å²) in [5, 5.41) is 53.9. The summed E-state index contributed by atoms with van der Waals surface area (Å²) in [7, 11) is -0.679. The Morgan fingerprint density at radius 1 is 0.600 bits per heavy atom. The minimum absolute atomic E-state index is 0.0649. The quantitative estimate of drug-likeness (QED) is 0.0688. The highest BCUT2D eigenvalue weighted by Crippen LogP contribution is 2.26. The first kappa shape index (κ1) is 78.9. The molecule has 23 heteroatoms. The number of halogens is 8. The lowest BCUT2D eigenvalue weighted by Gasteiger charge is -2.08. The number of aryl methyl sites for hydroxylation is 10. The fourth-order valence-electron chi connectivity index (χ4n) is 8.67. The van der Waals surface area contributed by atoms with Crippen LogP contribution in [0.4, 0.5) is 13.2 Å². The third-order valence-corrected chi connectivity index (χ3v) is 17.4. The average Bonchev–Trinajstić information content (AvgIpc) is 2.23. The van der Waals surface area contributed by atoms with Gasteiger partial charge in [-0.05, 0) is 262 Å². The number of hydrogen-bond donors (Lipinski definition) is 6. The molecule has 0 bridgehead atoms. The molecule has 0 saturated heterocycles. The number of hydrogen-bond acceptors (Lipinski definition) is 10. The minimum atomic E-state index is -1.38. The van der Waals surface area contributed by atoms with E-state index in [1.165, 1.54) is 41.0 Å². The van der Waals surface area contributed by atoms with Gasteiger partial charge < -0.3 is 44.3 Å². The maximum Gasteiger partial charge on any atom is 0.569 e. The summed E-state index contributed by atoms with van der Waals surface area (Å²) < 4.78 is 58.2. The summed E-state index contributed by atoms with van der Waals surface area (Å²) in [5.41, 5.74) is 16.2. The van der Waals surface area contributed by atoms with Crippen molar-refractivity contribution >= 4 is 137 Å². The first-order valence-corrected chi connectivity index (χ1v) is 32.0. The molecule has 0 amide bonds. The SMILES string of the molecule is COC(=O)Cc1ccc2c(c1)B(O)CC2.Cc1c(Br)cccc1O[B]O.Cc1cc(Br)cc(C)c1B(O)O.Cc1cc(C)c(C)c(F)c1.Cc1ccc(Br)c(F)c1C.Cc1ccc(Br)cc1C.Cc1ccc(Br)cc1C.O=C(O)c1ccc2c(c1F)B(O)OC2. The van der Waals surface area contributed by atoms with Gasteiger partial charge >= 0.3 is 40.8 Å². The maximum absolute atomic E-state index is 13.5. The highest BCUT2D eigenvalue weighted by Gasteiger charge is 2.33. The van der Waals surface area contributed by atoms with Crippen LogP contribution < -0.4 is 21.0 Å². The van der Waals surface area contributed by atoms with Crippen LogP contribution in [0.15, 0.2) is 144 Å². The third-order valence-electron chi connectivity index (χ3n) is 14.5. The Bertz CT molecular complexity index is 3610. The number of fused-ring (bicyclic) bond motifs is 2. The molecule has 90 heavy (non-hydrogen) atoms. The molecule has 8 aromatic rings. The molecule has 8 aromatic carbocycles. The van der Waals surface area contributed by atoms with Crippen LogP contribution in [0.5, 0.6) is 5.75 Å². The molecule has 475 valence electrons. The molecule has 10 rings (SSSR count). The van der Waals surface area contributed by atoms with Crippen molar-refractivity contribution in [1.29, 1.82) is 0 Å². The van der Waals surface area contributed by atoms with Gasteiger partial charge in [0, 0.05) is 28.9 Å². The Kier molecular flexibility index (Phi) is 33.9. The number of aromatic carboxylic acids is 1. The number of esters is 1. The van der Waals surface area contributed by atoms with Crippen LogP contribution in [-0.4, -0.2) is 78.1 Å². The van der Waals surface area contributed by atoms with Gasteiger partial charge in [0.2, 0.25) is 0 Å². The van der Waals surface area contributed by atoms with Gasteiger partial charge in [0.25, 0.3) is 0 Å². The Morgan fingerprint density at radius 3 is 1.66 bits per heavy atom. The lowest BCUT2D eigenvalue weighted by atomic mass is 9.63. The van der Waals surface area contributed by atoms with Crippen molar-refractivity contribution in [3.8, 4) is 5.75 Å². The predicted octanol–water partition coefficient (Wildman–Crippen LogP) is 14.4. The van der Waals surface area contributed by atoms with Crippen LogP contribution in [0, 0.1) is 101 Å². The number of carbonyl (C=O) groups is 2. The molecule has 2 aliphatic rings. The van der Waals surface area contributed by atoms with E-state index >= 15 is 0 Å². The van der Waals surface area contributed by atoms with Crippen molar-refractivity contribution in [2.75, 3.05) is 7.11 Å². The monoisotopic (exact) mass is 1550 g/mol. The van der Waals surface area contributed by atoms with Crippen molar-refractivity contribution in [3.05, 3.63) is 250 Å². The molecule has 0 atom stereocenters. The first-order valence-electron chi connectivity index (χ1n) is 28.0. The average molecular weight is 1550 g/mol. The lowest BCUT2D eigenvalue weighted by molar-refractivity contribution is -0.139. The second-order valence-corrected chi connectivity index (χ2v) is 25.6. The molecule has 0 unspecified atom stereocenters. The zero-order chi connectivity index (χ0) is 67.9. The highest BCUT2D eigenvalue weighted by atomic mass is 79.9. The third kappa shape index (κ3) is 25.0. The number of methoxy groups -OCH3 is 1. The predicted molar refractivity (Wildman–Crippen MR) is 376 cm³/mol. The van der Waals surface area contributed by atoms with Gasteiger partial charge in [0.15, 0.2) is 0 Å². The van der Waals surface area contributed by atoms with Gasteiger partial charge in [-0.15, -0.1) is 0 Å². The molecular weight excluding hydrogens is 1480 g/mol. The van der Waals surface area contributed by atoms with E-state index in [9.17, 15) is 32.8 Å². The summed E-state index contributed by atoms with van der Waals surface area (Å²) in [6.07, 6.45) is 1.99.